The van der Waals surface area contributed by atoms with Gasteiger partial charge in [0.2, 0.25) is 0 Å². The Bertz CT molecular complexity index is 1020. The predicted octanol–water partition coefficient (Wildman–Crippen LogP) is 3.25. The van der Waals surface area contributed by atoms with Crippen molar-refractivity contribution in [2.75, 3.05) is 13.1 Å². The number of aromatic nitrogens is 2. The van der Waals surface area contributed by atoms with Crippen molar-refractivity contribution in [2.24, 2.45) is 5.92 Å². The second-order valence-corrected chi connectivity index (χ2v) is 7.72. The molecule has 0 saturated carbocycles. The number of para-hydroxylation sites is 1. The molecule has 1 aliphatic rings. The van der Waals surface area contributed by atoms with Gasteiger partial charge in [0.05, 0.1) is 22.2 Å². The highest BCUT2D eigenvalue weighted by molar-refractivity contribution is 7.20. The summed E-state index contributed by atoms with van der Waals surface area (Å²) in [6, 6.07) is 9.89. The van der Waals surface area contributed by atoms with Gasteiger partial charge in [-0.3, -0.25) is 9.59 Å². The number of carbonyl (C=O) groups excluding carboxylic acids is 1. The van der Waals surface area contributed by atoms with Crippen LogP contribution in [0.25, 0.3) is 15.9 Å². The number of carbonyl (C=O) groups is 2. The van der Waals surface area contributed by atoms with Crippen LogP contribution in [-0.2, 0) is 4.79 Å². The fourth-order valence-corrected chi connectivity index (χ4v) is 4.56. The van der Waals surface area contributed by atoms with Gasteiger partial charge < -0.3 is 10.0 Å². The Labute approximate surface area is 154 Å². The predicted molar refractivity (Wildman–Crippen MR) is 100 cm³/mol. The van der Waals surface area contributed by atoms with Crippen molar-refractivity contribution in [3.63, 3.8) is 0 Å². The Morgan fingerprint density at radius 3 is 2.73 bits per heavy atom. The van der Waals surface area contributed by atoms with Crippen LogP contribution in [0.15, 0.2) is 30.3 Å². The third kappa shape index (κ3) is 2.68. The van der Waals surface area contributed by atoms with E-state index >= 15 is 0 Å². The molecular formula is C19H19N3O3S. The quantitative estimate of drug-likeness (QED) is 0.769. The van der Waals surface area contributed by atoms with Crippen LogP contribution in [0.4, 0.5) is 0 Å². The summed E-state index contributed by atoms with van der Waals surface area (Å²) in [7, 11) is 0. The smallest absolute Gasteiger partial charge is 0.308 e. The van der Waals surface area contributed by atoms with Gasteiger partial charge in [-0.15, -0.1) is 11.3 Å². The minimum Gasteiger partial charge on any atom is -0.481 e. The number of likely N-dealkylation sites (tertiary alicyclic amines) is 1. The van der Waals surface area contributed by atoms with E-state index in [1.165, 1.54) is 11.3 Å². The van der Waals surface area contributed by atoms with Gasteiger partial charge in [-0.25, -0.2) is 4.68 Å². The maximum atomic E-state index is 12.8. The van der Waals surface area contributed by atoms with E-state index in [0.29, 0.717) is 17.8 Å². The van der Waals surface area contributed by atoms with E-state index in [4.69, 9.17) is 5.11 Å². The molecule has 4 rings (SSSR count). The molecule has 1 amide bonds. The number of thiophene rings is 1. The lowest BCUT2D eigenvalue weighted by atomic mass is 10.1. The van der Waals surface area contributed by atoms with Crippen molar-refractivity contribution in [2.45, 2.75) is 20.3 Å². The van der Waals surface area contributed by atoms with E-state index in [1.807, 2.05) is 48.9 Å². The molecule has 1 atom stereocenters. The summed E-state index contributed by atoms with van der Waals surface area (Å²) in [5.74, 6) is -1.38. The lowest BCUT2D eigenvalue weighted by molar-refractivity contribution is -0.141. The fraction of sp³-hybridized carbons (Fsp3) is 0.316. The summed E-state index contributed by atoms with van der Waals surface area (Å²) in [5.41, 5.74) is 2.99. The van der Waals surface area contributed by atoms with E-state index < -0.39 is 11.9 Å². The van der Waals surface area contributed by atoms with Crippen LogP contribution >= 0.6 is 11.3 Å². The first-order valence-electron chi connectivity index (χ1n) is 8.53. The Balaban J connectivity index is 1.71. The monoisotopic (exact) mass is 369 g/mol. The van der Waals surface area contributed by atoms with E-state index in [2.05, 4.69) is 5.10 Å². The number of aliphatic carboxylic acids is 1. The van der Waals surface area contributed by atoms with Crippen molar-refractivity contribution in [3.8, 4) is 5.69 Å². The lowest BCUT2D eigenvalue weighted by Gasteiger charge is -2.14. The Morgan fingerprint density at radius 2 is 2.04 bits per heavy atom. The van der Waals surface area contributed by atoms with Gasteiger partial charge in [0, 0.05) is 18.5 Å². The lowest BCUT2D eigenvalue weighted by Crippen LogP contribution is -2.29. The van der Waals surface area contributed by atoms with Crippen molar-refractivity contribution < 1.29 is 14.7 Å². The minimum absolute atomic E-state index is 0.0920. The van der Waals surface area contributed by atoms with Gasteiger partial charge in [-0.05, 0) is 38.0 Å². The number of carboxylic acids is 1. The summed E-state index contributed by atoms with van der Waals surface area (Å²) in [6.07, 6.45) is 0.516. The van der Waals surface area contributed by atoms with Gasteiger partial charge in [-0.2, -0.15) is 5.10 Å². The van der Waals surface area contributed by atoms with Crippen LogP contribution in [0.1, 0.15) is 27.3 Å². The van der Waals surface area contributed by atoms with E-state index in [9.17, 15) is 9.59 Å². The molecule has 0 bridgehead atoms. The molecule has 26 heavy (non-hydrogen) atoms. The maximum absolute atomic E-state index is 12.8. The van der Waals surface area contributed by atoms with Gasteiger partial charge in [-0.1, -0.05) is 18.2 Å². The molecule has 0 aliphatic carbocycles. The minimum atomic E-state index is -0.831. The zero-order chi connectivity index (χ0) is 18.4. The van der Waals surface area contributed by atoms with E-state index in [0.717, 1.165) is 27.2 Å². The number of benzene rings is 1. The molecule has 1 aliphatic heterocycles. The summed E-state index contributed by atoms with van der Waals surface area (Å²) < 4.78 is 1.89. The molecule has 1 unspecified atom stereocenters. The SMILES string of the molecule is Cc1ccccc1-n1nc(C)c2cc(C(=O)N3CCC(C(=O)O)C3)sc21. The highest BCUT2D eigenvalue weighted by Crippen LogP contribution is 2.32. The molecular weight excluding hydrogens is 350 g/mol. The van der Waals surface area contributed by atoms with Crippen LogP contribution in [0, 0.1) is 19.8 Å². The van der Waals surface area contributed by atoms with Gasteiger partial charge >= 0.3 is 5.97 Å². The molecule has 1 aromatic carbocycles. The second kappa shape index (κ2) is 6.25. The van der Waals surface area contributed by atoms with E-state index in [1.54, 1.807) is 4.90 Å². The van der Waals surface area contributed by atoms with E-state index in [-0.39, 0.29) is 12.5 Å². The number of nitrogens with zero attached hydrogens (tertiary/aromatic N) is 3. The average Bonchev–Trinajstić information content (AvgIpc) is 3.32. The third-order valence-electron chi connectivity index (χ3n) is 4.92. The largest absolute Gasteiger partial charge is 0.481 e. The van der Waals surface area contributed by atoms with Crippen LogP contribution in [0.3, 0.4) is 0 Å². The van der Waals surface area contributed by atoms with Gasteiger partial charge in [0.1, 0.15) is 4.83 Å². The van der Waals surface area contributed by atoms with Crippen LogP contribution < -0.4 is 0 Å². The molecule has 1 saturated heterocycles. The number of aryl methyl sites for hydroxylation is 2. The standard InChI is InChI=1S/C19H19N3O3S/c1-11-5-3-4-6-15(11)22-18-14(12(2)20-22)9-16(26-18)17(23)21-8-7-13(10-21)19(24)25/h3-6,9,13H,7-8,10H2,1-2H3,(H,24,25). The molecule has 2 aromatic heterocycles. The molecule has 0 radical (unpaired) electrons. The maximum Gasteiger partial charge on any atom is 0.308 e. The highest BCUT2D eigenvalue weighted by atomic mass is 32.1. The van der Waals surface area contributed by atoms with Crippen LogP contribution in [0.5, 0.6) is 0 Å². The number of rotatable bonds is 3. The zero-order valence-corrected chi connectivity index (χ0v) is 15.4. The van der Waals surface area contributed by atoms with Crippen molar-refractivity contribution >= 4 is 33.4 Å². The number of hydrogen-bond donors (Lipinski definition) is 1. The first kappa shape index (κ1) is 16.8. The first-order chi connectivity index (χ1) is 12.5. The molecule has 3 heterocycles. The number of fused-ring (bicyclic) bond motifs is 1. The summed E-state index contributed by atoms with van der Waals surface area (Å²) in [5, 5.41) is 14.7. The van der Waals surface area contributed by atoms with Crippen LogP contribution in [0.2, 0.25) is 0 Å². The normalized spacial score (nSPS) is 17.2. The fourth-order valence-electron chi connectivity index (χ4n) is 3.42. The molecule has 0 spiro atoms. The number of carboxylic acid groups (broad SMARTS) is 1. The topological polar surface area (TPSA) is 75.4 Å². The van der Waals surface area contributed by atoms with Gasteiger partial charge in [0.25, 0.3) is 5.91 Å². The highest BCUT2D eigenvalue weighted by Gasteiger charge is 2.32. The molecule has 3 aromatic rings. The van der Waals surface area contributed by atoms with Crippen molar-refractivity contribution in [3.05, 3.63) is 46.5 Å². The summed E-state index contributed by atoms with van der Waals surface area (Å²) in [6.45, 7) is 4.75. The Morgan fingerprint density at radius 1 is 1.27 bits per heavy atom. The number of amides is 1. The summed E-state index contributed by atoms with van der Waals surface area (Å²) >= 11 is 1.41. The van der Waals surface area contributed by atoms with Gasteiger partial charge in [0.15, 0.2) is 0 Å². The van der Waals surface area contributed by atoms with Crippen molar-refractivity contribution in [1.29, 1.82) is 0 Å². The van der Waals surface area contributed by atoms with Crippen LogP contribution in [-0.4, -0.2) is 44.8 Å². The average molecular weight is 369 g/mol. The Hall–Kier alpha value is -2.67. The summed E-state index contributed by atoms with van der Waals surface area (Å²) in [4.78, 5) is 27.2. The molecule has 7 heteroatoms. The first-order valence-corrected chi connectivity index (χ1v) is 9.34. The molecule has 1 fully saturated rings. The third-order valence-corrected chi connectivity index (χ3v) is 6.02. The number of hydrogen-bond acceptors (Lipinski definition) is 4. The van der Waals surface area contributed by atoms with Crippen molar-refractivity contribution in [1.82, 2.24) is 14.7 Å². The molecule has 6 nitrogen and oxygen atoms in total. The molecule has 134 valence electrons. The molecule has 1 N–H and O–H groups in total. The Kier molecular flexibility index (Phi) is 4.03. The zero-order valence-electron chi connectivity index (χ0n) is 14.6. The second-order valence-electron chi connectivity index (χ2n) is 6.69.